The fraction of sp³-hybridized carbons (Fsp3) is 0.419. The van der Waals surface area contributed by atoms with Crippen molar-refractivity contribution in [1.82, 2.24) is 14.9 Å². The summed E-state index contributed by atoms with van der Waals surface area (Å²) in [6.07, 6.45) is 6.95. The van der Waals surface area contributed by atoms with Crippen molar-refractivity contribution in [2.24, 2.45) is 5.92 Å². The molecule has 1 unspecified atom stereocenters. The van der Waals surface area contributed by atoms with Gasteiger partial charge in [0.05, 0.1) is 44.1 Å². The number of halogens is 1. The van der Waals surface area contributed by atoms with E-state index in [2.05, 4.69) is 53.3 Å². The summed E-state index contributed by atoms with van der Waals surface area (Å²) in [5, 5.41) is 3.30. The van der Waals surface area contributed by atoms with Gasteiger partial charge in [-0.1, -0.05) is 32.0 Å². The van der Waals surface area contributed by atoms with Crippen LogP contribution in [0, 0.1) is 12.8 Å². The number of imidazole rings is 1. The molecule has 1 fully saturated rings. The number of nitrogens with zero attached hydrogens (tertiary/aromatic N) is 3. The number of rotatable bonds is 11. The van der Waals surface area contributed by atoms with Crippen LogP contribution in [0.2, 0.25) is 0 Å². The molecular weight excluding hydrogens is 512 g/mol. The van der Waals surface area contributed by atoms with E-state index in [-0.39, 0.29) is 17.9 Å². The normalized spacial score (nSPS) is 14.9. The van der Waals surface area contributed by atoms with Crippen molar-refractivity contribution in [1.29, 1.82) is 0 Å². The molecular formula is C31H39ClN4O3. The summed E-state index contributed by atoms with van der Waals surface area (Å²) >= 11 is 6.02. The van der Waals surface area contributed by atoms with Gasteiger partial charge >= 0.3 is 0 Å². The third-order valence-electron chi connectivity index (χ3n) is 6.99. The van der Waals surface area contributed by atoms with Gasteiger partial charge in [0.2, 0.25) is 5.91 Å². The Kier molecular flexibility index (Phi) is 10.1. The highest BCUT2D eigenvalue weighted by atomic mass is 35.5. The van der Waals surface area contributed by atoms with E-state index in [4.69, 9.17) is 21.1 Å². The van der Waals surface area contributed by atoms with Crippen LogP contribution in [0.25, 0.3) is 11.8 Å². The zero-order chi connectivity index (χ0) is 27.8. The lowest BCUT2D eigenvalue weighted by Crippen LogP contribution is -2.36. The van der Waals surface area contributed by atoms with Crippen LogP contribution >= 0.6 is 11.6 Å². The molecule has 0 saturated carbocycles. The number of carbonyl (C=O) groups excluding carboxylic acids is 1. The molecule has 1 amide bonds. The van der Waals surface area contributed by atoms with Gasteiger partial charge in [-0.2, -0.15) is 0 Å². The van der Waals surface area contributed by atoms with Crippen molar-refractivity contribution in [2.45, 2.75) is 39.7 Å². The number of nitrogens with one attached hydrogen (secondary N) is 1. The van der Waals surface area contributed by atoms with E-state index in [1.165, 1.54) is 5.69 Å². The number of hydrogen-bond donors (Lipinski definition) is 1. The Hall–Kier alpha value is -3.29. The fourth-order valence-electron chi connectivity index (χ4n) is 4.84. The molecule has 0 aliphatic carbocycles. The molecule has 208 valence electrons. The largest absolute Gasteiger partial charge is 0.495 e. The molecule has 0 radical (unpaired) electrons. The summed E-state index contributed by atoms with van der Waals surface area (Å²) in [5.74, 6) is 1.34. The molecule has 1 N–H and O–H groups in total. The first kappa shape index (κ1) is 28.7. The number of carbonyl (C=O) groups is 1. The summed E-state index contributed by atoms with van der Waals surface area (Å²) in [6.45, 7) is 9.50. The lowest BCUT2D eigenvalue weighted by atomic mass is 9.94. The number of methoxy groups -OCH3 is 1. The number of benzene rings is 2. The molecule has 2 heterocycles. The molecule has 3 aromatic rings. The predicted molar refractivity (Wildman–Crippen MR) is 158 cm³/mol. The number of hydrogen-bond acceptors (Lipinski definition) is 5. The Morgan fingerprint density at radius 3 is 2.54 bits per heavy atom. The van der Waals surface area contributed by atoms with Gasteiger partial charge in [0.15, 0.2) is 0 Å². The lowest BCUT2D eigenvalue weighted by molar-refractivity contribution is -0.118. The Morgan fingerprint density at radius 1 is 1.18 bits per heavy atom. The summed E-state index contributed by atoms with van der Waals surface area (Å²) in [4.78, 5) is 20.3. The highest BCUT2D eigenvalue weighted by Gasteiger charge is 2.21. The van der Waals surface area contributed by atoms with Crippen molar-refractivity contribution < 1.29 is 14.3 Å². The van der Waals surface area contributed by atoms with Gasteiger partial charge in [-0.3, -0.25) is 4.79 Å². The van der Waals surface area contributed by atoms with Crippen LogP contribution in [0.15, 0.2) is 60.6 Å². The number of anilines is 1. The number of aryl methyl sites for hydroxylation is 1. The molecule has 1 atom stereocenters. The Labute approximate surface area is 236 Å². The summed E-state index contributed by atoms with van der Waals surface area (Å²) in [6, 6.07) is 14.3. The van der Waals surface area contributed by atoms with E-state index >= 15 is 0 Å². The number of aromatic nitrogens is 2. The second-order valence-corrected chi connectivity index (χ2v) is 10.6. The van der Waals surface area contributed by atoms with Gasteiger partial charge in [0.25, 0.3) is 0 Å². The zero-order valence-corrected chi connectivity index (χ0v) is 24.1. The van der Waals surface area contributed by atoms with Crippen LogP contribution < -0.4 is 15.0 Å². The lowest BCUT2D eigenvalue weighted by Gasteiger charge is -2.29. The maximum atomic E-state index is 13.6. The monoisotopic (exact) mass is 550 g/mol. The second kappa shape index (κ2) is 13.7. The van der Waals surface area contributed by atoms with Crippen molar-refractivity contribution in [2.75, 3.05) is 44.2 Å². The van der Waals surface area contributed by atoms with Crippen molar-refractivity contribution in [3.8, 4) is 11.4 Å². The molecule has 8 heteroatoms. The van der Waals surface area contributed by atoms with E-state index in [1.807, 2.05) is 42.0 Å². The first-order valence-electron chi connectivity index (χ1n) is 13.6. The van der Waals surface area contributed by atoms with E-state index in [1.54, 1.807) is 13.4 Å². The number of ether oxygens (including phenoxy) is 2. The van der Waals surface area contributed by atoms with Gasteiger partial charge in [0, 0.05) is 36.4 Å². The summed E-state index contributed by atoms with van der Waals surface area (Å²) < 4.78 is 13.1. The average Bonchev–Trinajstić information content (AvgIpc) is 3.40. The maximum absolute atomic E-state index is 13.6. The number of amides is 1. The van der Waals surface area contributed by atoms with E-state index in [0.717, 1.165) is 48.8 Å². The molecule has 39 heavy (non-hydrogen) atoms. The van der Waals surface area contributed by atoms with Gasteiger partial charge in [0.1, 0.15) is 5.75 Å². The average molecular weight is 551 g/mol. The van der Waals surface area contributed by atoms with Crippen LogP contribution in [0.4, 0.5) is 5.69 Å². The summed E-state index contributed by atoms with van der Waals surface area (Å²) in [5.41, 5.74) is 5.68. The fourth-order valence-corrected chi connectivity index (χ4v) is 4.98. The molecule has 0 spiro atoms. The highest BCUT2D eigenvalue weighted by Crippen LogP contribution is 2.28. The van der Waals surface area contributed by atoms with Gasteiger partial charge in [-0.15, -0.1) is 11.6 Å². The third-order valence-corrected chi connectivity index (χ3v) is 7.25. The molecule has 2 aromatic carbocycles. The smallest absolute Gasteiger partial charge is 0.247 e. The van der Waals surface area contributed by atoms with Crippen LogP contribution in [-0.4, -0.2) is 54.8 Å². The minimum absolute atomic E-state index is 0.0793. The van der Waals surface area contributed by atoms with Gasteiger partial charge < -0.3 is 24.3 Å². The van der Waals surface area contributed by atoms with Crippen LogP contribution in [0.1, 0.15) is 49.6 Å². The molecule has 4 rings (SSSR count). The Bertz CT molecular complexity index is 1260. The predicted octanol–water partition coefficient (Wildman–Crippen LogP) is 5.94. The standard InChI is InChI=1S/C31H39ClN4O3/c1-22(2)30(25-8-10-27(11-9-25)35-14-16-39-17-15-35)34-31(37)26(6-5-13-32)18-24-7-12-28(29(19-24)38-4)36-20-23(3)33-21-36/h7-12,18-22,30H,5-6,13-17H2,1-4H3,(H,34,37). The first-order valence-corrected chi connectivity index (χ1v) is 14.1. The minimum atomic E-state index is -0.114. The van der Waals surface area contributed by atoms with Crippen molar-refractivity contribution in [3.63, 3.8) is 0 Å². The molecule has 1 aliphatic rings. The third kappa shape index (κ3) is 7.43. The minimum Gasteiger partial charge on any atom is -0.495 e. The second-order valence-electron chi connectivity index (χ2n) is 10.2. The van der Waals surface area contributed by atoms with Crippen LogP contribution in [-0.2, 0) is 9.53 Å². The molecule has 1 aromatic heterocycles. The summed E-state index contributed by atoms with van der Waals surface area (Å²) in [7, 11) is 1.65. The molecule has 0 bridgehead atoms. The molecule has 1 aliphatic heterocycles. The van der Waals surface area contributed by atoms with Crippen LogP contribution in [0.3, 0.4) is 0 Å². The highest BCUT2D eigenvalue weighted by molar-refractivity contribution is 6.17. The molecule has 1 saturated heterocycles. The Balaban J connectivity index is 1.55. The maximum Gasteiger partial charge on any atom is 0.247 e. The number of alkyl halides is 1. The molecule has 7 nitrogen and oxygen atoms in total. The van der Waals surface area contributed by atoms with E-state index in [0.29, 0.717) is 30.0 Å². The van der Waals surface area contributed by atoms with Crippen molar-refractivity contribution >= 4 is 29.3 Å². The van der Waals surface area contributed by atoms with Crippen molar-refractivity contribution in [3.05, 3.63) is 77.4 Å². The van der Waals surface area contributed by atoms with Gasteiger partial charge in [-0.05, 0) is 67.2 Å². The SMILES string of the molecule is COc1cc(C=C(CCCCl)C(=O)NC(c2ccc(N3CCOCC3)cc2)C(C)C)ccc1-n1cnc(C)c1. The van der Waals surface area contributed by atoms with Gasteiger partial charge in [-0.25, -0.2) is 4.98 Å². The number of morpholine rings is 1. The topological polar surface area (TPSA) is 68.6 Å². The zero-order valence-electron chi connectivity index (χ0n) is 23.3. The quantitative estimate of drug-likeness (QED) is 0.236. The van der Waals surface area contributed by atoms with Crippen LogP contribution in [0.5, 0.6) is 5.75 Å². The first-order chi connectivity index (χ1) is 18.9. The van der Waals surface area contributed by atoms with E-state index < -0.39 is 0 Å². The van der Waals surface area contributed by atoms with E-state index in [9.17, 15) is 4.79 Å². The Morgan fingerprint density at radius 2 is 1.92 bits per heavy atom.